The quantitative estimate of drug-likeness (QED) is 0.563. The first-order valence-corrected chi connectivity index (χ1v) is 6.33. The van der Waals surface area contributed by atoms with Crippen molar-refractivity contribution in [2.75, 3.05) is 21.3 Å². The molecule has 0 bridgehead atoms. The molecule has 0 aromatic heterocycles. The van der Waals surface area contributed by atoms with Crippen LogP contribution in [0.1, 0.15) is 12.8 Å². The predicted octanol–water partition coefficient (Wildman–Crippen LogP) is -0.151. The van der Waals surface area contributed by atoms with Gasteiger partial charge < -0.3 is 19.3 Å². The highest BCUT2D eigenvalue weighted by atomic mass is 16.5. The Balaban J connectivity index is 0.000000211. The lowest BCUT2D eigenvalue weighted by atomic mass is 10.3. The van der Waals surface area contributed by atoms with Crippen LogP contribution in [-0.4, -0.2) is 50.3 Å². The van der Waals surface area contributed by atoms with Gasteiger partial charge in [0.25, 0.3) is 0 Å². The van der Waals surface area contributed by atoms with Crippen molar-refractivity contribution in [1.29, 1.82) is 0 Å². The fourth-order valence-corrected chi connectivity index (χ4v) is 1.90. The lowest BCUT2D eigenvalue weighted by molar-refractivity contribution is -0.148. The van der Waals surface area contributed by atoms with Gasteiger partial charge in [0.1, 0.15) is 0 Å². The molecule has 0 heterocycles. The number of hydrogen-bond acceptors (Lipinski definition) is 7. The SMILES string of the molecule is COC(=O)[C@@H]1C[C@H]1C(=O)O.COC(=O)[C@@H]1C[C@H]1C(=O)OC. The second-order valence-electron chi connectivity index (χ2n) is 4.81. The molecule has 21 heavy (non-hydrogen) atoms. The molecule has 2 saturated carbocycles. The molecule has 118 valence electrons. The lowest BCUT2D eigenvalue weighted by Gasteiger charge is -1.96. The van der Waals surface area contributed by atoms with Gasteiger partial charge in [0.2, 0.25) is 0 Å². The minimum atomic E-state index is -0.907. The zero-order valence-electron chi connectivity index (χ0n) is 12.0. The third-order valence-corrected chi connectivity index (χ3v) is 3.41. The molecule has 0 aliphatic heterocycles. The second kappa shape index (κ2) is 7.05. The Morgan fingerprint density at radius 2 is 1.00 bits per heavy atom. The number of carbonyl (C=O) groups is 4. The van der Waals surface area contributed by atoms with Gasteiger partial charge in [-0.2, -0.15) is 0 Å². The van der Waals surface area contributed by atoms with Crippen molar-refractivity contribution in [2.24, 2.45) is 23.7 Å². The number of carboxylic acids is 1. The van der Waals surface area contributed by atoms with Crippen LogP contribution in [0.5, 0.6) is 0 Å². The molecule has 0 radical (unpaired) electrons. The Bertz CT molecular complexity index is 423. The van der Waals surface area contributed by atoms with Crippen LogP contribution in [0.15, 0.2) is 0 Å². The van der Waals surface area contributed by atoms with Gasteiger partial charge >= 0.3 is 23.9 Å². The molecule has 8 heteroatoms. The molecular formula is C13H18O8. The van der Waals surface area contributed by atoms with E-state index in [-0.39, 0.29) is 29.7 Å². The van der Waals surface area contributed by atoms with Gasteiger partial charge in [0, 0.05) is 0 Å². The largest absolute Gasteiger partial charge is 0.481 e. The fourth-order valence-electron chi connectivity index (χ4n) is 1.90. The molecule has 2 fully saturated rings. The van der Waals surface area contributed by atoms with Gasteiger partial charge in [0.05, 0.1) is 45.0 Å². The Morgan fingerprint density at radius 3 is 1.24 bits per heavy atom. The normalized spacial score (nSPS) is 28.3. The van der Waals surface area contributed by atoms with Crippen molar-refractivity contribution in [2.45, 2.75) is 12.8 Å². The van der Waals surface area contributed by atoms with Crippen LogP contribution < -0.4 is 0 Å². The van der Waals surface area contributed by atoms with E-state index in [1.165, 1.54) is 21.3 Å². The highest BCUT2D eigenvalue weighted by Gasteiger charge is 2.50. The molecule has 4 atom stereocenters. The average molecular weight is 302 g/mol. The van der Waals surface area contributed by atoms with E-state index in [9.17, 15) is 19.2 Å². The minimum absolute atomic E-state index is 0.257. The Labute approximate surface area is 121 Å². The molecule has 1 N–H and O–H groups in total. The molecule has 2 rings (SSSR count). The van der Waals surface area contributed by atoms with Crippen molar-refractivity contribution >= 4 is 23.9 Å². The summed E-state index contributed by atoms with van der Waals surface area (Å²) in [5.41, 5.74) is 0. The summed E-state index contributed by atoms with van der Waals surface area (Å²) < 4.78 is 13.3. The van der Waals surface area contributed by atoms with Gasteiger partial charge in [0.15, 0.2) is 0 Å². The highest BCUT2D eigenvalue weighted by Crippen LogP contribution is 2.40. The van der Waals surface area contributed by atoms with Gasteiger partial charge in [-0.05, 0) is 12.8 Å². The number of ether oxygens (including phenoxy) is 3. The van der Waals surface area contributed by atoms with Gasteiger partial charge in [-0.1, -0.05) is 0 Å². The van der Waals surface area contributed by atoms with Crippen LogP contribution >= 0.6 is 0 Å². The Hall–Kier alpha value is -2.12. The van der Waals surface area contributed by atoms with Crippen LogP contribution in [0.4, 0.5) is 0 Å². The topological polar surface area (TPSA) is 116 Å². The van der Waals surface area contributed by atoms with E-state index in [0.29, 0.717) is 12.8 Å². The number of carbonyl (C=O) groups excluding carboxylic acids is 3. The summed E-state index contributed by atoms with van der Waals surface area (Å²) in [5, 5.41) is 8.36. The maximum absolute atomic E-state index is 10.8. The second-order valence-corrected chi connectivity index (χ2v) is 4.81. The Kier molecular flexibility index (Phi) is 5.69. The Morgan fingerprint density at radius 1 is 0.714 bits per heavy atom. The summed E-state index contributed by atoms with van der Waals surface area (Å²) in [4.78, 5) is 42.3. The summed E-state index contributed by atoms with van der Waals surface area (Å²) >= 11 is 0. The third-order valence-electron chi connectivity index (χ3n) is 3.41. The van der Waals surface area contributed by atoms with E-state index >= 15 is 0 Å². The number of esters is 3. The highest BCUT2D eigenvalue weighted by molar-refractivity contribution is 5.87. The molecule has 8 nitrogen and oxygen atoms in total. The van der Waals surface area contributed by atoms with E-state index < -0.39 is 17.9 Å². The molecule has 0 spiro atoms. The van der Waals surface area contributed by atoms with Crippen molar-refractivity contribution in [1.82, 2.24) is 0 Å². The van der Waals surface area contributed by atoms with E-state index in [1.807, 2.05) is 0 Å². The van der Waals surface area contributed by atoms with Gasteiger partial charge in [-0.3, -0.25) is 19.2 Å². The summed E-state index contributed by atoms with van der Waals surface area (Å²) in [5.74, 6) is -3.35. The van der Waals surface area contributed by atoms with Gasteiger partial charge in [-0.25, -0.2) is 0 Å². The lowest BCUT2D eigenvalue weighted by Crippen LogP contribution is -2.10. The van der Waals surface area contributed by atoms with Crippen molar-refractivity contribution in [3.8, 4) is 0 Å². The molecule has 0 aromatic carbocycles. The average Bonchev–Trinajstić information content (AvgIpc) is 3.37. The smallest absolute Gasteiger partial charge is 0.309 e. The standard InChI is InChI=1S/C7H10O4.C6H8O4/c1-10-6(8)4-3-5(4)7(9)11-2;1-10-6(9)4-2-3(4)5(7)8/h4-5H,3H2,1-2H3;3-4H,2H2,1H3,(H,7,8)/t4-,5-;3-,4-/m11/s1. The summed E-state index contributed by atoms with van der Waals surface area (Å²) in [7, 11) is 3.89. The first-order chi connectivity index (χ1) is 9.87. The van der Waals surface area contributed by atoms with E-state index in [4.69, 9.17) is 5.11 Å². The minimum Gasteiger partial charge on any atom is -0.481 e. The fraction of sp³-hybridized carbons (Fsp3) is 0.692. The van der Waals surface area contributed by atoms with E-state index in [1.54, 1.807) is 0 Å². The van der Waals surface area contributed by atoms with Crippen molar-refractivity contribution < 1.29 is 38.5 Å². The molecule has 2 aliphatic carbocycles. The van der Waals surface area contributed by atoms with Crippen molar-refractivity contribution in [3.05, 3.63) is 0 Å². The zero-order valence-corrected chi connectivity index (χ0v) is 12.0. The summed E-state index contributed by atoms with van der Waals surface area (Å²) in [6.45, 7) is 0. The molecule has 0 amide bonds. The number of hydrogen-bond donors (Lipinski definition) is 1. The third kappa shape index (κ3) is 4.44. The molecule has 0 saturated heterocycles. The van der Waals surface area contributed by atoms with E-state index in [0.717, 1.165) is 0 Å². The molecule has 2 aliphatic rings. The predicted molar refractivity (Wildman–Crippen MR) is 66.9 cm³/mol. The summed E-state index contributed by atoms with van der Waals surface area (Å²) in [6.07, 6.45) is 1.00. The van der Waals surface area contributed by atoms with Crippen LogP contribution in [0.25, 0.3) is 0 Å². The summed E-state index contributed by atoms with van der Waals surface area (Å²) in [6, 6.07) is 0. The van der Waals surface area contributed by atoms with E-state index in [2.05, 4.69) is 14.2 Å². The van der Waals surface area contributed by atoms with Crippen LogP contribution in [0.3, 0.4) is 0 Å². The maximum Gasteiger partial charge on any atom is 0.309 e. The van der Waals surface area contributed by atoms with Crippen molar-refractivity contribution in [3.63, 3.8) is 0 Å². The first kappa shape index (κ1) is 16.9. The van der Waals surface area contributed by atoms with Crippen LogP contribution in [0, 0.1) is 23.7 Å². The maximum atomic E-state index is 10.8. The first-order valence-electron chi connectivity index (χ1n) is 6.33. The van der Waals surface area contributed by atoms with Crippen LogP contribution in [0.2, 0.25) is 0 Å². The number of methoxy groups -OCH3 is 3. The zero-order chi connectivity index (χ0) is 16.2. The molecule has 0 aromatic rings. The number of rotatable bonds is 4. The molecular weight excluding hydrogens is 284 g/mol. The molecule has 0 unspecified atom stereocenters. The number of aliphatic carboxylic acids is 1. The monoisotopic (exact) mass is 302 g/mol. The number of carboxylic acid groups (broad SMARTS) is 1. The van der Waals surface area contributed by atoms with Crippen LogP contribution in [-0.2, 0) is 33.4 Å². The van der Waals surface area contributed by atoms with Gasteiger partial charge in [-0.15, -0.1) is 0 Å².